The summed E-state index contributed by atoms with van der Waals surface area (Å²) in [6, 6.07) is 14.2. The number of rotatable bonds is 4. The van der Waals surface area contributed by atoms with Gasteiger partial charge in [-0.1, -0.05) is 30.3 Å². The van der Waals surface area contributed by atoms with Crippen molar-refractivity contribution in [2.24, 2.45) is 0 Å². The molecule has 0 saturated carbocycles. The molecule has 0 aliphatic rings. The van der Waals surface area contributed by atoms with Gasteiger partial charge in [-0.05, 0) is 24.6 Å². The Balaban J connectivity index is 2.28. The molecule has 0 aliphatic carbocycles. The maximum Gasteiger partial charge on any atom is 0.166 e. The van der Waals surface area contributed by atoms with E-state index in [0.717, 1.165) is 24.9 Å². The van der Waals surface area contributed by atoms with Gasteiger partial charge in [0.15, 0.2) is 6.29 Å². The first kappa shape index (κ1) is 10.7. The second-order valence-electron chi connectivity index (χ2n) is 3.77. The third kappa shape index (κ3) is 2.06. The molecule has 2 heteroatoms. The Morgan fingerprint density at radius 2 is 1.88 bits per heavy atom. The van der Waals surface area contributed by atoms with Crippen molar-refractivity contribution in [1.82, 2.24) is 4.57 Å². The van der Waals surface area contributed by atoms with Crippen LogP contribution in [0.25, 0.3) is 0 Å². The standard InChI is InChI=1S/C14H15NO/c1-2-15-13(8-9-14(15)11-16)10-12-6-4-3-5-7-12/h3-9,11H,2,10H2,1H3. The number of nitrogens with zero attached hydrogens (tertiary/aromatic N) is 1. The average molecular weight is 213 g/mol. The molecule has 0 radical (unpaired) electrons. The fraction of sp³-hybridized carbons (Fsp3) is 0.214. The topological polar surface area (TPSA) is 22.0 Å². The Hall–Kier alpha value is -1.83. The molecule has 0 aliphatic heterocycles. The molecule has 0 spiro atoms. The number of aromatic nitrogens is 1. The van der Waals surface area contributed by atoms with E-state index in [0.29, 0.717) is 0 Å². The number of hydrogen-bond acceptors (Lipinski definition) is 1. The molecule has 0 amide bonds. The minimum absolute atomic E-state index is 0.758. The van der Waals surface area contributed by atoms with Gasteiger partial charge in [-0.3, -0.25) is 4.79 Å². The van der Waals surface area contributed by atoms with Gasteiger partial charge >= 0.3 is 0 Å². The van der Waals surface area contributed by atoms with Gasteiger partial charge in [-0.2, -0.15) is 0 Å². The van der Waals surface area contributed by atoms with Crippen LogP contribution in [0.4, 0.5) is 0 Å². The first-order chi connectivity index (χ1) is 7.85. The zero-order valence-electron chi connectivity index (χ0n) is 9.39. The highest BCUT2D eigenvalue weighted by atomic mass is 16.1. The molecule has 0 unspecified atom stereocenters. The summed E-state index contributed by atoms with van der Waals surface area (Å²) in [5.74, 6) is 0. The highest BCUT2D eigenvalue weighted by molar-refractivity contribution is 5.72. The van der Waals surface area contributed by atoms with Crippen LogP contribution in [0.1, 0.15) is 28.7 Å². The van der Waals surface area contributed by atoms with Crippen LogP contribution >= 0.6 is 0 Å². The Morgan fingerprint density at radius 1 is 1.12 bits per heavy atom. The molecule has 2 nitrogen and oxygen atoms in total. The van der Waals surface area contributed by atoms with Gasteiger partial charge < -0.3 is 4.57 Å². The molecule has 1 aromatic carbocycles. The van der Waals surface area contributed by atoms with Crippen molar-refractivity contribution < 1.29 is 4.79 Å². The van der Waals surface area contributed by atoms with E-state index in [9.17, 15) is 4.79 Å². The highest BCUT2D eigenvalue weighted by Crippen LogP contribution is 2.13. The number of carbonyl (C=O) groups is 1. The summed E-state index contributed by atoms with van der Waals surface area (Å²) in [5.41, 5.74) is 3.22. The summed E-state index contributed by atoms with van der Waals surface area (Å²) in [4.78, 5) is 10.8. The predicted octanol–water partition coefficient (Wildman–Crippen LogP) is 2.91. The molecular formula is C14H15NO. The van der Waals surface area contributed by atoms with Crippen molar-refractivity contribution in [2.45, 2.75) is 19.9 Å². The summed E-state index contributed by atoms with van der Waals surface area (Å²) < 4.78 is 2.06. The minimum atomic E-state index is 0.758. The van der Waals surface area contributed by atoms with Crippen molar-refractivity contribution in [3.05, 3.63) is 59.4 Å². The van der Waals surface area contributed by atoms with Gasteiger partial charge in [0.25, 0.3) is 0 Å². The molecular weight excluding hydrogens is 198 g/mol. The second kappa shape index (κ2) is 4.79. The van der Waals surface area contributed by atoms with Gasteiger partial charge in [-0.25, -0.2) is 0 Å². The highest BCUT2D eigenvalue weighted by Gasteiger charge is 2.06. The number of benzene rings is 1. The average Bonchev–Trinajstić information content (AvgIpc) is 2.72. The second-order valence-corrected chi connectivity index (χ2v) is 3.77. The maximum atomic E-state index is 10.8. The molecule has 1 aromatic heterocycles. The summed E-state index contributed by atoms with van der Waals surface area (Å²) in [5, 5.41) is 0. The summed E-state index contributed by atoms with van der Waals surface area (Å²) in [6.07, 6.45) is 1.79. The fourth-order valence-electron chi connectivity index (χ4n) is 1.98. The first-order valence-electron chi connectivity index (χ1n) is 5.52. The van der Waals surface area contributed by atoms with Crippen molar-refractivity contribution in [3.63, 3.8) is 0 Å². The van der Waals surface area contributed by atoms with E-state index in [1.807, 2.05) is 30.3 Å². The van der Waals surface area contributed by atoms with E-state index < -0.39 is 0 Å². The molecule has 0 N–H and O–H groups in total. The van der Waals surface area contributed by atoms with Crippen LogP contribution in [0.5, 0.6) is 0 Å². The zero-order valence-corrected chi connectivity index (χ0v) is 9.39. The van der Waals surface area contributed by atoms with E-state index in [1.54, 1.807) is 0 Å². The molecule has 2 aromatic rings. The molecule has 16 heavy (non-hydrogen) atoms. The Bertz CT molecular complexity index is 471. The maximum absolute atomic E-state index is 10.8. The number of aldehydes is 1. The Kier molecular flexibility index (Phi) is 3.20. The largest absolute Gasteiger partial charge is 0.342 e. The van der Waals surface area contributed by atoms with Crippen molar-refractivity contribution in [1.29, 1.82) is 0 Å². The Labute approximate surface area is 95.5 Å². The summed E-state index contributed by atoms with van der Waals surface area (Å²) in [7, 11) is 0. The van der Waals surface area contributed by atoms with Crippen molar-refractivity contribution in [2.75, 3.05) is 0 Å². The van der Waals surface area contributed by atoms with Crippen LogP contribution in [0.15, 0.2) is 42.5 Å². The minimum Gasteiger partial charge on any atom is -0.342 e. The SMILES string of the molecule is CCn1c(C=O)ccc1Cc1ccccc1. The van der Waals surface area contributed by atoms with E-state index in [4.69, 9.17) is 0 Å². The van der Waals surface area contributed by atoms with Gasteiger partial charge in [0, 0.05) is 18.7 Å². The van der Waals surface area contributed by atoms with Gasteiger partial charge in [0.2, 0.25) is 0 Å². The number of carbonyl (C=O) groups excluding carboxylic acids is 1. The van der Waals surface area contributed by atoms with Crippen LogP contribution < -0.4 is 0 Å². The van der Waals surface area contributed by atoms with Crippen LogP contribution in [0.3, 0.4) is 0 Å². The van der Waals surface area contributed by atoms with Crippen molar-refractivity contribution in [3.8, 4) is 0 Å². The molecule has 0 atom stereocenters. The lowest BCUT2D eigenvalue weighted by Gasteiger charge is -2.08. The van der Waals surface area contributed by atoms with Crippen LogP contribution in [0.2, 0.25) is 0 Å². The van der Waals surface area contributed by atoms with E-state index in [2.05, 4.69) is 23.6 Å². The lowest BCUT2D eigenvalue weighted by molar-refractivity contribution is 0.111. The normalized spacial score (nSPS) is 10.3. The third-order valence-corrected chi connectivity index (χ3v) is 2.77. The fourth-order valence-corrected chi connectivity index (χ4v) is 1.98. The molecule has 0 bridgehead atoms. The van der Waals surface area contributed by atoms with Crippen LogP contribution in [-0.4, -0.2) is 10.9 Å². The van der Waals surface area contributed by atoms with Gasteiger partial charge in [0.1, 0.15) is 0 Å². The van der Waals surface area contributed by atoms with E-state index in [-0.39, 0.29) is 0 Å². The number of hydrogen-bond donors (Lipinski definition) is 0. The Morgan fingerprint density at radius 3 is 2.50 bits per heavy atom. The summed E-state index contributed by atoms with van der Waals surface area (Å²) >= 11 is 0. The lowest BCUT2D eigenvalue weighted by atomic mass is 10.1. The third-order valence-electron chi connectivity index (χ3n) is 2.77. The smallest absolute Gasteiger partial charge is 0.166 e. The van der Waals surface area contributed by atoms with Crippen LogP contribution in [-0.2, 0) is 13.0 Å². The quantitative estimate of drug-likeness (QED) is 0.716. The molecule has 0 fully saturated rings. The van der Waals surface area contributed by atoms with Crippen LogP contribution in [0, 0.1) is 0 Å². The first-order valence-corrected chi connectivity index (χ1v) is 5.52. The predicted molar refractivity (Wildman–Crippen MR) is 64.7 cm³/mol. The summed E-state index contributed by atoms with van der Waals surface area (Å²) in [6.45, 7) is 2.89. The van der Waals surface area contributed by atoms with Gasteiger partial charge in [0.05, 0.1) is 5.69 Å². The lowest BCUT2D eigenvalue weighted by Crippen LogP contribution is -2.04. The van der Waals surface area contributed by atoms with E-state index in [1.165, 1.54) is 11.3 Å². The molecule has 1 heterocycles. The zero-order chi connectivity index (χ0) is 11.4. The van der Waals surface area contributed by atoms with Crippen molar-refractivity contribution >= 4 is 6.29 Å². The molecule has 2 rings (SSSR count). The van der Waals surface area contributed by atoms with E-state index >= 15 is 0 Å². The van der Waals surface area contributed by atoms with Gasteiger partial charge in [-0.15, -0.1) is 0 Å². The molecule has 0 saturated heterocycles. The molecule has 82 valence electrons. The monoisotopic (exact) mass is 213 g/mol.